The molecule has 1 aromatic heterocycles. The van der Waals surface area contributed by atoms with Gasteiger partial charge in [-0.1, -0.05) is 41.2 Å². The number of H-pyrrole nitrogens is 1. The summed E-state index contributed by atoms with van der Waals surface area (Å²) in [7, 11) is 0. The lowest BCUT2D eigenvalue weighted by molar-refractivity contribution is -0.142. The Bertz CT molecular complexity index is 1200. The van der Waals surface area contributed by atoms with Crippen molar-refractivity contribution in [3.63, 3.8) is 0 Å². The summed E-state index contributed by atoms with van der Waals surface area (Å²) in [6, 6.07) is 8.39. The van der Waals surface area contributed by atoms with E-state index in [4.69, 9.17) is 5.11 Å². The van der Waals surface area contributed by atoms with Gasteiger partial charge in [-0.2, -0.15) is 0 Å². The van der Waals surface area contributed by atoms with Crippen molar-refractivity contribution in [1.82, 2.24) is 9.88 Å². The molecule has 2 aliphatic heterocycles. The molecule has 4 unspecified atom stereocenters. The molecule has 2 aromatic rings. The molecule has 2 aliphatic carbocycles. The molecule has 1 saturated heterocycles. The zero-order valence-electron chi connectivity index (χ0n) is 17.3. The van der Waals surface area contributed by atoms with E-state index in [1.165, 1.54) is 16.2 Å². The van der Waals surface area contributed by atoms with E-state index in [2.05, 4.69) is 29.2 Å². The summed E-state index contributed by atoms with van der Waals surface area (Å²) < 4.78 is 0. The van der Waals surface area contributed by atoms with Gasteiger partial charge in [-0.05, 0) is 36.7 Å². The normalized spacial score (nSPS) is 34.5. The molecule has 2 bridgehead atoms. The van der Waals surface area contributed by atoms with Gasteiger partial charge in [-0.3, -0.25) is 24.1 Å². The molecular weight excluding hydrogens is 448 g/mol. The Morgan fingerprint density at radius 2 is 1.81 bits per heavy atom. The molecule has 1 aromatic carbocycles. The molecule has 2 amide bonds. The number of likely N-dealkylation sites (tertiary alicyclic amines) is 1. The number of aromatic nitrogens is 1. The van der Waals surface area contributed by atoms with Crippen LogP contribution in [0.15, 0.2) is 34.1 Å². The second-order valence-corrected chi connectivity index (χ2v) is 11.5. The van der Waals surface area contributed by atoms with Gasteiger partial charge in [-0.15, -0.1) is 11.8 Å². The summed E-state index contributed by atoms with van der Waals surface area (Å²) in [5.74, 6) is -1.83. The highest BCUT2D eigenvalue weighted by Crippen LogP contribution is 2.68. The molecule has 4 aliphatic rings. The Hall–Kier alpha value is -2.39. The van der Waals surface area contributed by atoms with E-state index in [1.807, 2.05) is 6.92 Å². The molecular formula is C23H22N2O5S2. The number of fused-ring (bicyclic) bond motifs is 9. The van der Waals surface area contributed by atoms with E-state index in [-0.39, 0.29) is 70.4 Å². The fourth-order valence-corrected chi connectivity index (χ4v) is 9.54. The highest BCUT2D eigenvalue weighted by molar-refractivity contribution is 8.00. The number of aromatic amines is 1. The smallest absolute Gasteiger partial charge is 0.305 e. The van der Waals surface area contributed by atoms with Crippen LogP contribution < -0.4 is 4.87 Å². The highest BCUT2D eigenvalue weighted by atomic mass is 32.2. The Morgan fingerprint density at radius 1 is 1.12 bits per heavy atom. The van der Waals surface area contributed by atoms with E-state index in [0.29, 0.717) is 0 Å². The molecule has 0 spiro atoms. The summed E-state index contributed by atoms with van der Waals surface area (Å²) in [6.45, 7) is 1.99. The maximum atomic E-state index is 13.3. The number of imide groups is 1. The van der Waals surface area contributed by atoms with Crippen LogP contribution in [0, 0.1) is 36.5 Å². The quantitative estimate of drug-likeness (QED) is 0.666. The van der Waals surface area contributed by atoms with Crippen LogP contribution in [0.2, 0.25) is 0 Å². The third kappa shape index (κ3) is 2.73. The molecule has 32 heavy (non-hydrogen) atoms. The van der Waals surface area contributed by atoms with Crippen molar-refractivity contribution in [3.05, 3.63) is 49.9 Å². The van der Waals surface area contributed by atoms with Crippen LogP contribution in [-0.4, -0.2) is 44.6 Å². The minimum atomic E-state index is -1.01. The van der Waals surface area contributed by atoms with E-state index < -0.39 is 5.97 Å². The number of thioether (sulfide) groups is 1. The Kier molecular flexibility index (Phi) is 4.46. The van der Waals surface area contributed by atoms with Crippen molar-refractivity contribution in [2.75, 3.05) is 6.54 Å². The summed E-state index contributed by atoms with van der Waals surface area (Å²) in [6.07, 6.45) is 0.613. The largest absolute Gasteiger partial charge is 0.481 e. The van der Waals surface area contributed by atoms with E-state index in [9.17, 15) is 19.2 Å². The first-order chi connectivity index (χ1) is 15.3. The first-order valence-electron chi connectivity index (χ1n) is 10.9. The molecule has 6 rings (SSSR count). The fourth-order valence-electron chi connectivity index (χ4n) is 6.65. The van der Waals surface area contributed by atoms with Gasteiger partial charge in [-0.25, -0.2) is 0 Å². The lowest BCUT2D eigenvalue weighted by Crippen LogP contribution is -2.42. The van der Waals surface area contributed by atoms with Crippen LogP contribution in [-0.2, 0) is 14.4 Å². The highest BCUT2D eigenvalue weighted by Gasteiger charge is 2.69. The van der Waals surface area contributed by atoms with Gasteiger partial charge in [0.15, 0.2) is 0 Å². The number of carboxylic acid groups (broad SMARTS) is 1. The summed E-state index contributed by atoms with van der Waals surface area (Å²) in [5, 5.41) is 10.1. The molecule has 166 valence electrons. The number of nitrogens with one attached hydrogen (secondary N) is 1. The molecule has 7 atom stereocenters. The van der Waals surface area contributed by atoms with Gasteiger partial charge in [0.25, 0.3) is 0 Å². The summed E-state index contributed by atoms with van der Waals surface area (Å²) in [4.78, 5) is 54.9. The maximum absolute atomic E-state index is 13.3. The number of amides is 2. The zero-order valence-corrected chi connectivity index (χ0v) is 18.9. The number of nitrogens with zero attached hydrogens (tertiary/aromatic N) is 1. The van der Waals surface area contributed by atoms with Crippen molar-refractivity contribution in [2.24, 2.45) is 29.6 Å². The van der Waals surface area contributed by atoms with Crippen molar-refractivity contribution >= 4 is 40.9 Å². The predicted molar refractivity (Wildman–Crippen MR) is 119 cm³/mol. The zero-order chi connectivity index (χ0) is 22.3. The maximum Gasteiger partial charge on any atom is 0.305 e. The topological polar surface area (TPSA) is 108 Å². The second-order valence-electron chi connectivity index (χ2n) is 9.34. The molecule has 7 nitrogen and oxygen atoms in total. The monoisotopic (exact) mass is 470 g/mol. The number of thiazole rings is 1. The Morgan fingerprint density at radius 3 is 2.50 bits per heavy atom. The number of hydrogen-bond donors (Lipinski definition) is 2. The van der Waals surface area contributed by atoms with Gasteiger partial charge >= 0.3 is 10.8 Å². The predicted octanol–water partition coefficient (Wildman–Crippen LogP) is 2.69. The van der Waals surface area contributed by atoms with E-state index in [0.717, 1.165) is 27.5 Å². The lowest BCUT2D eigenvalue weighted by Gasteiger charge is -2.43. The summed E-state index contributed by atoms with van der Waals surface area (Å²) >= 11 is 2.92. The van der Waals surface area contributed by atoms with Gasteiger partial charge in [0.1, 0.15) is 0 Å². The minimum Gasteiger partial charge on any atom is -0.481 e. The van der Waals surface area contributed by atoms with E-state index >= 15 is 0 Å². The standard InChI is InChI=1S/C23H22N2O5S2/c1-9-2-4-10(5-3-9)14-15-11-8-12(18(15)31-20-19(14)32-23(30)24-20)17-16(11)21(28)25(22(17)29)7-6-13(26)27/h2-5,11-12,14-18H,6-8H2,1H3,(H,24,30)(H,26,27)/t11?,12?,14?,15-,16+,17-,18?/m0/s1. The number of hydrogen-bond acceptors (Lipinski definition) is 6. The van der Waals surface area contributed by atoms with Crippen LogP contribution in [0.1, 0.15) is 34.8 Å². The molecule has 0 radical (unpaired) electrons. The van der Waals surface area contributed by atoms with Crippen LogP contribution in [0.25, 0.3) is 0 Å². The fraction of sp³-hybridized carbons (Fsp3) is 0.478. The third-order valence-corrected chi connectivity index (χ3v) is 10.4. The average molecular weight is 471 g/mol. The van der Waals surface area contributed by atoms with Crippen LogP contribution in [0.5, 0.6) is 0 Å². The SMILES string of the molecule is Cc1ccc(C2c3sc(=O)[nH]c3SC3C4CC([C@@H]23)[C@H]2C(=O)N(CCC(=O)O)C(=O)[C@@H]42)cc1. The van der Waals surface area contributed by atoms with Gasteiger partial charge in [0.2, 0.25) is 11.8 Å². The number of aryl methyl sites for hydroxylation is 1. The van der Waals surface area contributed by atoms with Crippen LogP contribution in [0.4, 0.5) is 0 Å². The van der Waals surface area contributed by atoms with Gasteiger partial charge in [0.05, 0.1) is 23.3 Å². The van der Waals surface area contributed by atoms with Crippen molar-refractivity contribution in [3.8, 4) is 0 Å². The Labute approximate surface area is 192 Å². The number of benzene rings is 1. The van der Waals surface area contributed by atoms with Crippen molar-refractivity contribution in [2.45, 2.75) is 36.0 Å². The number of aliphatic carboxylic acids is 1. The van der Waals surface area contributed by atoms with Crippen LogP contribution >= 0.6 is 23.1 Å². The molecule has 9 heteroatoms. The molecule has 3 heterocycles. The van der Waals surface area contributed by atoms with Gasteiger partial charge < -0.3 is 10.1 Å². The molecule has 3 fully saturated rings. The number of carboxylic acids is 1. The number of carbonyl (C=O) groups is 3. The second kappa shape index (κ2) is 7.05. The number of carbonyl (C=O) groups excluding carboxylic acids is 2. The van der Waals surface area contributed by atoms with Crippen LogP contribution in [0.3, 0.4) is 0 Å². The minimum absolute atomic E-state index is 0.0210. The lowest BCUT2D eigenvalue weighted by atomic mass is 9.68. The first-order valence-corrected chi connectivity index (χ1v) is 12.6. The van der Waals surface area contributed by atoms with Crippen molar-refractivity contribution in [1.29, 1.82) is 0 Å². The number of rotatable bonds is 4. The average Bonchev–Trinajstić information content (AvgIpc) is 3.47. The Balaban J connectivity index is 1.41. The van der Waals surface area contributed by atoms with Gasteiger partial charge in [0, 0.05) is 22.6 Å². The molecule has 2 saturated carbocycles. The first kappa shape index (κ1) is 20.2. The van der Waals surface area contributed by atoms with Crippen molar-refractivity contribution < 1.29 is 19.5 Å². The molecule has 2 N–H and O–H groups in total. The third-order valence-electron chi connectivity index (χ3n) is 7.80. The van der Waals surface area contributed by atoms with E-state index in [1.54, 1.807) is 11.8 Å². The summed E-state index contributed by atoms with van der Waals surface area (Å²) in [5.41, 5.74) is 2.31.